The van der Waals surface area contributed by atoms with Gasteiger partial charge < -0.3 is 31.5 Å². The summed E-state index contributed by atoms with van der Waals surface area (Å²) in [5, 5.41) is 15.8. The van der Waals surface area contributed by atoms with Crippen LogP contribution in [0.4, 0.5) is 16.2 Å². The summed E-state index contributed by atoms with van der Waals surface area (Å²) in [6.45, 7) is 5.62. The van der Waals surface area contributed by atoms with Crippen LogP contribution in [-0.2, 0) is 46.7 Å². The summed E-state index contributed by atoms with van der Waals surface area (Å²) in [5.74, 6) is -3.58. The number of hydrogen-bond donors (Lipinski definition) is 6. The molecule has 6 N–H and O–H groups in total. The van der Waals surface area contributed by atoms with Gasteiger partial charge >= 0.3 is 6.03 Å². The van der Waals surface area contributed by atoms with E-state index in [9.17, 15) is 43.2 Å². The first kappa shape index (κ1) is 42.1. The number of piperidine rings is 1. The topological polar surface area (TPSA) is 232 Å². The number of rotatable bonds is 16. The molecule has 3 atom stereocenters. The molecule has 3 aliphatic heterocycles. The minimum Gasteiger partial charge on any atom is -0.344 e. The van der Waals surface area contributed by atoms with E-state index in [1.54, 1.807) is 32.0 Å². The summed E-state index contributed by atoms with van der Waals surface area (Å²) in [4.78, 5) is 114. The molecular formula is C39H45ClN8O9. The Hall–Kier alpha value is -6.10. The molecule has 0 aliphatic carbocycles. The molecule has 5 rings (SSSR count). The first-order chi connectivity index (χ1) is 27.1. The van der Waals surface area contributed by atoms with E-state index >= 15 is 0 Å². The third-order valence-corrected chi connectivity index (χ3v) is 10.0. The number of nitrogens with one attached hydrogen (secondary N) is 6. The Kier molecular flexibility index (Phi) is 13.8. The van der Waals surface area contributed by atoms with Crippen molar-refractivity contribution in [2.75, 3.05) is 17.2 Å². The van der Waals surface area contributed by atoms with Crippen LogP contribution in [0, 0.1) is 5.92 Å². The molecule has 1 unspecified atom stereocenters. The van der Waals surface area contributed by atoms with E-state index in [0.717, 1.165) is 10.5 Å². The fourth-order valence-electron chi connectivity index (χ4n) is 6.56. The minimum absolute atomic E-state index is 0.117. The van der Waals surface area contributed by atoms with E-state index < -0.39 is 41.9 Å². The number of urea groups is 1. The molecule has 3 aliphatic rings. The lowest BCUT2D eigenvalue weighted by atomic mass is 10.0. The van der Waals surface area contributed by atoms with Gasteiger partial charge in [-0.25, -0.2) is 4.79 Å². The number of anilines is 2. The normalized spacial score (nSPS) is 17.3. The van der Waals surface area contributed by atoms with Crippen LogP contribution in [0.5, 0.6) is 0 Å². The number of imide groups is 2. The molecule has 0 radical (unpaired) electrons. The van der Waals surface area contributed by atoms with Gasteiger partial charge in [0.2, 0.25) is 29.5 Å². The van der Waals surface area contributed by atoms with Gasteiger partial charge in [-0.2, -0.15) is 0 Å². The van der Waals surface area contributed by atoms with E-state index in [1.165, 1.54) is 42.2 Å². The van der Waals surface area contributed by atoms with Gasteiger partial charge in [-0.1, -0.05) is 44.0 Å². The molecule has 1 fully saturated rings. The second-order valence-corrected chi connectivity index (χ2v) is 14.8. The van der Waals surface area contributed by atoms with Gasteiger partial charge in [0.05, 0.1) is 10.7 Å². The first-order valence-electron chi connectivity index (χ1n) is 18.7. The third kappa shape index (κ3) is 10.8. The average Bonchev–Trinajstić information content (AvgIpc) is 3.66. The van der Waals surface area contributed by atoms with E-state index in [0.29, 0.717) is 36.1 Å². The van der Waals surface area contributed by atoms with Crippen molar-refractivity contribution in [3.05, 3.63) is 70.3 Å². The van der Waals surface area contributed by atoms with Gasteiger partial charge in [0, 0.05) is 55.9 Å². The van der Waals surface area contributed by atoms with E-state index in [2.05, 4.69) is 31.9 Å². The first-order valence-corrected chi connectivity index (χ1v) is 19.0. The molecule has 3 heterocycles. The number of fused-ring (bicyclic) bond motifs is 1. The SMILES string of the molecule is CC(C)[C@H](NC(=O)CCCCCN1C(=O)C=CC1=O)C(=O)N[C@@H](C)C(=O)Nc1ccc(NC(=O)NCc2ccc3c(c2)CN(C2CCC(=O)NC2=O)C3=O)cc1Cl. The second kappa shape index (κ2) is 18.7. The molecule has 18 heteroatoms. The second-order valence-electron chi connectivity index (χ2n) is 14.4. The number of benzene rings is 2. The van der Waals surface area contributed by atoms with Crippen LogP contribution in [0.3, 0.4) is 0 Å². The molecule has 17 nitrogen and oxygen atoms in total. The average molecular weight is 805 g/mol. The lowest BCUT2D eigenvalue weighted by Gasteiger charge is -2.29. The zero-order valence-corrected chi connectivity index (χ0v) is 32.5. The zero-order chi connectivity index (χ0) is 41.4. The summed E-state index contributed by atoms with van der Waals surface area (Å²) in [5.41, 5.74) is 2.46. The van der Waals surface area contributed by atoms with Gasteiger partial charge in [-0.3, -0.25) is 48.6 Å². The number of amides is 10. The summed E-state index contributed by atoms with van der Waals surface area (Å²) in [7, 11) is 0. The molecular weight excluding hydrogens is 760 g/mol. The highest BCUT2D eigenvalue weighted by Gasteiger charge is 2.39. The zero-order valence-electron chi connectivity index (χ0n) is 31.7. The Labute approximate surface area is 333 Å². The number of carbonyl (C=O) groups is 9. The smallest absolute Gasteiger partial charge is 0.319 e. The molecule has 10 amide bonds. The molecule has 0 saturated carbocycles. The van der Waals surface area contributed by atoms with Crippen molar-refractivity contribution >= 4 is 76.3 Å². The third-order valence-electron chi connectivity index (χ3n) is 9.73. The maximum Gasteiger partial charge on any atom is 0.319 e. The molecule has 1 saturated heterocycles. The van der Waals surface area contributed by atoms with Crippen molar-refractivity contribution in [1.29, 1.82) is 0 Å². The predicted molar refractivity (Wildman–Crippen MR) is 207 cm³/mol. The molecule has 0 bridgehead atoms. The van der Waals surface area contributed by atoms with Crippen LogP contribution >= 0.6 is 11.6 Å². The molecule has 2 aromatic rings. The van der Waals surface area contributed by atoms with E-state index in [-0.39, 0.29) is 85.1 Å². The predicted octanol–water partition coefficient (Wildman–Crippen LogP) is 2.49. The van der Waals surface area contributed by atoms with E-state index in [1.807, 2.05) is 0 Å². The quantitative estimate of drug-likeness (QED) is 0.108. The lowest BCUT2D eigenvalue weighted by Crippen LogP contribution is -2.53. The fourth-order valence-corrected chi connectivity index (χ4v) is 6.79. The van der Waals surface area contributed by atoms with Gasteiger partial charge in [0.25, 0.3) is 17.7 Å². The number of hydrogen-bond acceptors (Lipinski definition) is 9. The van der Waals surface area contributed by atoms with Gasteiger partial charge in [-0.05, 0) is 67.5 Å². The summed E-state index contributed by atoms with van der Waals surface area (Å²) >= 11 is 6.42. The summed E-state index contributed by atoms with van der Waals surface area (Å²) in [6.07, 6.45) is 4.65. The van der Waals surface area contributed by atoms with Gasteiger partial charge in [-0.15, -0.1) is 0 Å². The van der Waals surface area contributed by atoms with Gasteiger partial charge in [0.1, 0.15) is 18.1 Å². The van der Waals surface area contributed by atoms with E-state index in [4.69, 9.17) is 11.6 Å². The van der Waals surface area contributed by atoms with Crippen LogP contribution in [0.15, 0.2) is 48.6 Å². The summed E-state index contributed by atoms with van der Waals surface area (Å²) in [6, 6.07) is 6.43. The fraction of sp³-hybridized carbons (Fsp3) is 0.410. The van der Waals surface area contributed by atoms with Gasteiger partial charge in [0.15, 0.2) is 0 Å². The maximum absolute atomic E-state index is 13.1. The Balaban J connectivity index is 1.04. The molecule has 0 aromatic heterocycles. The van der Waals surface area contributed by atoms with Crippen molar-refractivity contribution in [3.8, 4) is 0 Å². The van der Waals surface area contributed by atoms with Crippen LogP contribution < -0.4 is 31.9 Å². The highest BCUT2D eigenvalue weighted by Crippen LogP contribution is 2.29. The van der Waals surface area contributed by atoms with Crippen molar-refractivity contribution in [1.82, 2.24) is 31.1 Å². The molecule has 2 aromatic carbocycles. The largest absolute Gasteiger partial charge is 0.344 e. The summed E-state index contributed by atoms with van der Waals surface area (Å²) < 4.78 is 0. The Morgan fingerprint density at radius 3 is 2.30 bits per heavy atom. The highest BCUT2D eigenvalue weighted by atomic mass is 35.5. The van der Waals surface area contributed by atoms with Crippen molar-refractivity contribution < 1.29 is 43.2 Å². The number of nitrogens with zero attached hydrogens (tertiary/aromatic N) is 2. The minimum atomic E-state index is -1.00. The standard InChI is InChI=1S/C39H45ClN8O9/c1-21(2)34(45-30(49)7-5-4-6-16-47-32(51)14-15-33(47)52)37(55)42-22(3)35(53)44-28-11-9-25(18-27(28)40)43-39(57)41-19-23-8-10-26-24(17-23)20-48(38(26)56)29-12-13-31(50)46-36(29)54/h8-11,14-15,17-18,21-22,29,34H,4-7,12-13,16,19-20H2,1-3H3,(H,42,55)(H,44,53)(H,45,49)(H2,41,43,57)(H,46,50,54)/t22-,29?,34-/m0/s1. The monoisotopic (exact) mass is 804 g/mol. The number of unbranched alkanes of at least 4 members (excludes halogenated alkanes) is 2. The Bertz CT molecular complexity index is 2000. The lowest BCUT2D eigenvalue weighted by molar-refractivity contribution is -0.138. The Morgan fingerprint density at radius 1 is 0.877 bits per heavy atom. The maximum atomic E-state index is 13.1. The molecule has 0 spiro atoms. The molecule has 57 heavy (non-hydrogen) atoms. The number of halogens is 1. The van der Waals surface area contributed by atoms with Crippen LogP contribution in [0.25, 0.3) is 0 Å². The molecule has 302 valence electrons. The van der Waals surface area contributed by atoms with Crippen LogP contribution in [0.1, 0.15) is 80.8 Å². The highest BCUT2D eigenvalue weighted by molar-refractivity contribution is 6.34. The van der Waals surface area contributed by atoms with Crippen molar-refractivity contribution in [2.45, 2.75) is 90.5 Å². The van der Waals surface area contributed by atoms with Crippen molar-refractivity contribution in [2.24, 2.45) is 5.92 Å². The Morgan fingerprint density at radius 2 is 1.61 bits per heavy atom. The van der Waals surface area contributed by atoms with Crippen LogP contribution in [-0.4, -0.2) is 87.8 Å². The van der Waals surface area contributed by atoms with Crippen molar-refractivity contribution in [3.63, 3.8) is 0 Å². The number of carbonyl (C=O) groups excluding carboxylic acids is 9. The van der Waals surface area contributed by atoms with Crippen LogP contribution in [0.2, 0.25) is 5.02 Å².